The zero-order valence-corrected chi connectivity index (χ0v) is 19.9. The largest absolute Gasteiger partial charge is 0.478 e. The van der Waals surface area contributed by atoms with Crippen molar-refractivity contribution in [1.29, 1.82) is 5.26 Å². The maximum atomic E-state index is 13.6. The van der Waals surface area contributed by atoms with Gasteiger partial charge in [0.05, 0.1) is 28.8 Å². The highest BCUT2D eigenvalue weighted by molar-refractivity contribution is 8.18. The summed E-state index contributed by atoms with van der Waals surface area (Å²) in [6.45, 7) is 0.467. The Bertz CT molecular complexity index is 1560. The Balaban J connectivity index is 1.53. The monoisotopic (exact) mass is 492 g/mol. The van der Waals surface area contributed by atoms with E-state index >= 15 is 0 Å². The number of carbonyl (C=O) groups is 2. The number of rotatable bonds is 6. The predicted molar refractivity (Wildman–Crippen MR) is 141 cm³/mol. The molecule has 1 aliphatic heterocycles. The van der Waals surface area contributed by atoms with Crippen LogP contribution in [0.25, 0.3) is 17.0 Å². The first kappa shape index (κ1) is 23.1. The maximum Gasteiger partial charge on any atom is 0.335 e. The molecule has 4 aromatic rings. The van der Waals surface area contributed by atoms with Gasteiger partial charge in [0, 0.05) is 22.7 Å². The molecule has 176 valence electrons. The Morgan fingerprint density at radius 2 is 1.75 bits per heavy atom. The summed E-state index contributed by atoms with van der Waals surface area (Å²) in [5, 5.41) is 19.9. The van der Waals surface area contributed by atoms with Crippen molar-refractivity contribution in [3.63, 3.8) is 0 Å². The fraction of sp³-hybridized carbons (Fsp3) is 0.0714. The first-order chi connectivity index (χ1) is 17.5. The molecule has 0 aliphatic carbocycles. The second-order valence-corrected chi connectivity index (χ2v) is 9.13. The highest BCUT2D eigenvalue weighted by Gasteiger charge is 2.33. The number of fused-ring (bicyclic) bond motifs is 1. The summed E-state index contributed by atoms with van der Waals surface area (Å²) >= 11 is 1.29. The zero-order chi connectivity index (χ0) is 25.1. The molecule has 1 amide bonds. The summed E-state index contributed by atoms with van der Waals surface area (Å²) in [5.74, 6) is -1.18. The van der Waals surface area contributed by atoms with Crippen molar-refractivity contribution in [2.75, 3.05) is 0 Å². The van der Waals surface area contributed by atoms with E-state index in [2.05, 4.69) is 6.07 Å². The smallest absolute Gasteiger partial charge is 0.335 e. The number of aromatic nitrogens is 1. The number of hydrogen-bond donors (Lipinski definition) is 1. The first-order valence-electron chi connectivity index (χ1n) is 11.2. The molecule has 5 rings (SSSR count). The maximum absolute atomic E-state index is 13.6. The fourth-order valence-corrected chi connectivity index (χ4v) is 5.01. The van der Waals surface area contributed by atoms with Gasteiger partial charge in [-0.25, -0.2) is 9.79 Å². The molecular formula is C28H20N4O3S. The lowest BCUT2D eigenvalue weighted by Gasteiger charge is -2.16. The van der Waals surface area contributed by atoms with Crippen LogP contribution >= 0.6 is 11.8 Å². The second kappa shape index (κ2) is 9.94. The minimum atomic E-state index is -0.999. The number of amides is 1. The molecule has 1 N–H and O–H groups in total. The van der Waals surface area contributed by atoms with E-state index in [-0.39, 0.29) is 24.6 Å². The summed E-state index contributed by atoms with van der Waals surface area (Å²) in [4.78, 5) is 31.6. The lowest BCUT2D eigenvalue weighted by molar-refractivity contribution is -0.122. The number of benzene rings is 3. The van der Waals surface area contributed by atoms with Crippen molar-refractivity contribution in [2.24, 2.45) is 4.99 Å². The standard InChI is InChI=1S/C28H20N4O3S/c29-14-15-31-18-21(23-8-4-5-9-24(23)31)16-25-26(33)32(17-19-10-12-20(13-11-19)27(34)35)28(36-25)30-22-6-2-1-3-7-22/h1-13,16,18H,15,17H2,(H,34,35)/b25-16-,30-28?. The predicted octanol–water partition coefficient (Wildman–Crippen LogP) is 5.67. The lowest BCUT2D eigenvalue weighted by Crippen LogP contribution is -2.28. The number of nitrogens with zero attached hydrogens (tertiary/aromatic N) is 4. The highest BCUT2D eigenvalue weighted by atomic mass is 32.2. The van der Waals surface area contributed by atoms with E-state index in [1.165, 1.54) is 23.9 Å². The summed E-state index contributed by atoms with van der Waals surface area (Å²) in [7, 11) is 0. The molecule has 0 unspecified atom stereocenters. The Morgan fingerprint density at radius 1 is 1.03 bits per heavy atom. The molecule has 0 spiro atoms. The number of aromatic carboxylic acids is 1. The van der Waals surface area contributed by atoms with Gasteiger partial charge in [0.2, 0.25) is 0 Å². The summed E-state index contributed by atoms with van der Waals surface area (Å²) < 4.78 is 1.87. The number of para-hydroxylation sites is 2. The molecule has 1 aromatic heterocycles. The number of carbonyl (C=O) groups excluding carboxylic acids is 1. The van der Waals surface area contributed by atoms with E-state index in [1.807, 2.05) is 71.4 Å². The number of carboxylic acid groups (broad SMARTS) is 1. The topological polar surface area (TPSA) is 98.7 Å². The van der Waals surface area contributed by atoms with Crippen LogP contribution in [-0.4, -0.2) is 31.6 Å². The Kier molecular flexibility index (Phi) is 6.39. The van der Waals surface area contributed by atoms with E-state index in [9.17, 15) is 20.0 Å². The summed E-state index contributed by atoms with van der Waals surface area (Å²) in [5.41, 5.74) is 3.49. The van der Waals surface area contributed by atoms with E-state index in [0.717, 1.165) is 27.7 Å². The molecule has 0 bridgehead atoms. The molecule has 7 nitrogen and oxygen atoms in total. The van der Waals surface area contributed by atoms with Crippen molar-refractivity contribution in [3.05, 3.63) is 107 Å². The van der Waals surface area contributed by atoms with Gasteiger partial charge >= 0.3 is 5.97 Å². The number of hydrogen-bond acceptors (Lipinski definition) is 5. The molecule has 0 saturated carbocycles. The van der Waals surface area contributed by atoms with E-state index in [1.54, 1.807) is 17.0 Å². The third-order valence-electron chi connectivity index (χ3n) is 5.76. The van der Waals surface area contributed by atoms with Crippen molar-refractivity contribution < 1.29 is 14.7 Å². The van der Waals surface area contributed by atoms with Crippen molar-refractivity contribution >= 4 is 51.5 Å². The quantitative estimate of drug-likeness (QED) is 0.350. The van der Waals surface area contributed by atoms with Crippen LogP contribution < -0.4 is 0 Å². The van der Waals surface area contributed by atoms with E-state index < -0.39 is 5.97 Å². The number of thioether (sulfide) groups is 1. The third-order valence-corrected chi connectivity index (χ3v) is 6.76. The van der Waals surface area contributed by atoms with Crippen LogP contribution in [0.1, 0.15) is 21.5 Å². The number of amidine groups is 1. The molecule has 1 aliphatic rings. The minimum Gasteiger partial charge on any atom is -0.478 e. The lowest BCUT2D eigenvalue weighted by atomic mass is 10.1. The molecule has 8 heteroatoms. The van der Waals surface area contributed by atoms with Gasteiger partial charge in [-0.15, -0.1) is 0 Å². The van der Waals surface area contributed by atoms with Crippen LogP contribution in [-0.2, 0) is 17.9 Å². The Labute approximate surface area is 211 Å². The fourth-order valence-electron chi connectivity index (χ4n) is 4.02. The highest BCUT2D eigenvalue weighted by Crippen LogP contribution is 2.36. The molecular weight excluding hydrogens is 472 g/mol. The van der Waals surface area contributed by atoms with Gasteiger partial charge in [-0.1, -0.05) is 48.5 Å². The first-order valence-corrected chi connectivity index (χ1v) is 12.0. The number of nitriles is 1. The van der Waals surface area contributed by atoms with Crippen LogP contribution in [0.2, 0.25) is 0 Å². The summed E-state index contributed by atoms with van der Waals surface area (Å²) in [6, 6.07) is 25.8. The van der Waals surface area contributed by atoms with Crippen molar-refractivity contribution in [3.8, 4) is 6.07 Å². The van der Waals surface area contributed by atoms with E-state index in [4.69, 9.17) is 4.99 Å². The average molecular weight is 493 g/mol. The van der Waals surface area contributed by atoms with Gasteiger partial charge in [-0.3, -0.25) is 9.69 Å². The molecule has 0 atom stereocenters. The molecule has 0 radical (unpaired) electrons. The van der Waals surface area contributed by atoms with Crippen molar-refractivity contribution in [2.45, 2.75) is 13.1 Å². The molecule has 2 heterocycles. The zero-order valence-electron chi connectivity index (χ0n) is 19.0. The molecule has 1 saturated heterocycles. The van der Waals surface area contributed by atoms with Gasteiger partial charge in [0.1, 0.15) is 6.54 Å². The van der Waals surface area contributed by atoms with Crippen LogP contribution in [0.15, 0.2) is 95.0 Å². The van der Waals surface area contributed by atoms with Crippen LogP contribution in [0.3, 0.4) is 0 Å². The Morgan fingerprint density at radius 3 is 2.47 bits per heavy atom. The van der Waals surface area contributed by atoms with Crippen molar-refractivity contribution in [1.82, 2.24) is 9.47 Å². The molecule has 36 heavy (non-hydrogen) atoms. The van der Waals surface area contributed by atoms with Crippen LogP contribution in [0.5, 0.6) is 0 Å². The normalized spacial score (nSPS) is 15.6. The van der Waals surface area contributed by atoms with Gasteiger partial charge < -0.3 is 9.67 Å². The second-order valence-electron chi connectivity index (χ2n) is 8.12. The minimum absolute atomic E-state index is 0.186. The van der Waals surface area contributed by atoms with Gasteiger partial charge in [0.25, 0.3) is 5.91 Å². The number of aliphatic imine (C=N–C) groups is 1. The van der Waals surface area contributed by atoms with Gasteiger partial charge in [-0.2, -0.15) is 5.26 Å². The van der Waals surface area contributed by atoms with E-state index in [0.29, 0.717) is 10.1 Å². The molecule has 3 aromatic carbocycles. The SMILES string of the molecule is N#CCn1cc(/C=C2\SC(=Nc3ccccc3)N(Cc3ccc(C(=O)O)cc3)C2=O)c2ccccc21. The summed E-state index contributed by atoms with van der Waals surface area (Å²) in [6.07, 6.45) is 3.73. The molecule has 1 fully saturated rings. The third kappa shape index (κ3) is 4.65. The average Bonchev–Trinajstić information content (AvgIpc) is 3.38. The Hall–Kier alpha value is -4.61. The van der Waals surface area contributed by atoms with Gasteiger partial charge in [0.15, 0.2) is 5.17 Å². The van der Waals surface area contributed by atoms with Crippen LogP contribution in [0, 0.1) is 11.3 Å². The van der Waals surface area contributed by atoms with Gasteiger partial charge in [-0.05, 0) is 53.7 Å². The number of carboxylic acids is 1. The van der Waals surface area contributed by atoms with Crippen LogP contribution in [0.4, 0.5) is 5.69 Å².